The predicted octanol–water partition coefficient (Wildman–Crippen LogP) is 5.77. The van der Waals surface area contributed by atoms with Crippen LogP contribution in [0, 0.1) is 11.3 Å². The SMILES string of the molecule is CC(C)Oc1ccc(C(=O)NN(CCC#N)Cc2ccc(OCc3ccccc3)cc2)cc1Cl. The van der Waals surface area contributed by atoms with Crippen LogP contribution in [0.3, 0.4) is 0 Å². The van der Waals surface area contributed by atoms with Crippen LogP contribution in [0.2, 0.25) is 5.02 Å². The zero-order chi connectivity index (χ0) is 24.3. The van der Waals surface area contributed by atoms with Crippen LogP contribution in [-0.2, 0) is 13.2 Å². The minimum atomic E-state index is -0.307. The van der Waals surface area contributed by atoms with Crippen LogP contribution in [0.15, 0.2) is 72.8 Å². The highest BCUT2D eigenvalue weighted by atomic mass is 35.5. The van der Waals surface area contributed by atoms with E-state index in [1.165, 1.54) is 0 Å². The van der Waals surface area contributed by atoms with Crippen molar-refractivity contribution in [3.63, 3.8) is 0 Å². The Morgan fingerprint density at radius 3 is 2.44 bits per heavy atom. The molecule has 7 heteroatoms. The Bertz CT molecular complexity index is 1110. The zero-order valence-electron chi connectivity index (χ0n) is 19.3. The van der Waals surface area contributed by atoms with Crippen LogP contribution in [-0.4, -0.2) is 23.6 Å². The van der Waals surface area contributed by atoms with Crippen molar-refractivity contribution in [1.29, 1.82) is 5.26 Å². The lowest BCUT2D eigenvalue weighted by Gasteiger charge is -2.22. The number of nitrogens with one attached hydrogen (secondary N) is 1. The van der Waals surface area contributed by atoms with E-state index in [0.29, 0.717) is 36.0 Å². The number of ether oxygens (including phenoxy) is 2. The van der Waals surface area contributed by atoms with Crippen LogP contribution in [0.4, 0.5) is 0 Å². The third-order valence-electron chi connectivity index (χ3n) is 4.86. The van der Waals surface area contributed by atoms with Gasteiger partial charge in [-0.05, 0) is 55.3 Å². The largest absolute Gasteiger partial charge is 0.489 e. The van der Waals surface area contributed by atoms with Gasteiger partial charge in [0, 0.05) is 25.1 Å². The molecule has 3 rings (SSSR count). The molecule has 0 aliphatic heterocycles. The summed E-state index contributed by atoms with van der Waals surface area (Å²) < 4.78 is 11.5. The molecule has 0 atom stereocenters. The van der Waals surface area contributed by atoms with Gasteiger partial charge in [0.25, 0.3) is 5.91 Å². The standard InChI is InChI=1S/C27H28ClN3O3/c1-20(2)34-26-14-11-23(17-25(26)28)27(32)30-31(16-6-15-29)18-21-9-12-24(13-10-21)33-19-22-7-4-3-5-8-22/h3-5,7-14,17,20H,6,16,18-19H2,1-2H3,(H,30,32). The first kappa shape index (κ1) is 25.1. The van der Waals surface area contributed by atoms with E-state index in [1.807, 2.05) is 68.4 Å². The topological polar surface area (TPSA) is 74.6 Å². The first-order valence-electron chi connectivity index (χ1n) is 11.1. The maximum atomic E-state index is 12.8. The molecule has 0 heterocycles. The van der Waals surface area contributed by atoms with E-state index in [1.54, 1.807) is 23.2 Å². The van der Waals surface area contributed by atoms with Gasteiger partial charge in [0.2, 0.25) is 0 Å². The minimum Gasteiger partial charge on any atom is -0.489 e. The van der Waals surface area contributed by atoms with Crippen molar-refractivity contribution in [3.05, 3.63) is 94.5 Å². The second kappa shape index (κ2) is 12.6. The fourth-order valence-electron chi connectivity index (χ4n) is 3.21. The van der Waals surface area contributed by atoms with E-state index < -0.39 is 0 Å². The highest BCUT2D eigenvalue weighted by molar-refractivity contribution is 6.32. The summed E-state index contributed by atoms with van der Waals surface area (Å²) in [6.45, 7) is 5.14. The van der Waals surface area contributed by atoms with E-state index in [9.17, 15) is 4.79 Å². The van der Waals surface area contributed by atoms with Gasteiger partial charge in [-0.3, -0.25) is 10.2 Å². The Hall–Kier alpha value is -3.53. The lowest BCUT2D eigenvalue weighted by Crippen LogP contribution is -2.42. The molecule has 0 bridgehead atoms. The molecule has 0 aliphatic carbocycles. The summed E-state index contributed by atoms with van der Waals surface area (Å²) in [5.41, 5.74) is 5.36. The van der Waals surface area contributed by atoms with Gasteiger partial charge >= 0.3 is 0 Å². The van der Waals surface area contributed by atoms with Gasteiger partial charge < -0.3 is 9.47 Å². The fourth-order valence-corrected chi connectivity index (χ4v) is 3.44. The monoisotopic (exact) mass is 477 g/mol. The molecule has 0 spiro atoms. The molecular weight excluding hydrogens is 450 g/mol. The van der Waals surface area contributed by atoms with Crippen molar-refractivity contribution < 1.29 is 14.3 Å². The van der Waals surface area contributed by atoms with Crippen LogP contribution >= 0.6 is 11.6 Å². The van der Waals surface area contributed by atoms with Crippen molar-refractivity contribution in [2.24, 2.45) is 0 Å². The summed E-state index contributed by atoms with van der Waals surface area (Å²) in [6, 6.07) is 24.7. The molecule has 34 heavy (non-hydrogen) atoms. The molecule has 0 aliphatic rings. The lowest BCUT2D eigenvalue weighted by atomic mass is 10.2. The number of halogens is 1. The third kappa shape index (κ3) is 7.80. The summed E-state index contributed by atoms with van der Waals surface area (Å²) in [5, 5.41) is 11.1. The van der Waals surface area contributed by atoms with Gasteiger partial charge in [0.05, 0.1) is 17.2 Å². The molecule has 176 valence electrons. The van der Waals surface area contributed by atoms with E-state index in [-0.39, 0.29) is 18.4 Å². The normalized spacial score (nSPS) is 10.7. The Balaban J connectivity index is 1.61. The Morgan fingerprint density at radius 2 is 1.79 bits per heavy atom. The molecule has 0 aromatic heterocycles. The summed E-state index contributed by atoms with van der Waals surface area (Å²) in [6.07, 6.45) is 0.259. The second-order valence-corrected chi connectivity index (χ2v) is 8.41. The Morgan fingerprint density at radius 1 is 1.06 bits per heavy atom. The van der Waals surface area contributed by atoms with E-state index >= 15 is 0 Å². The third-order valence-corrected chi connectivity index (χ3v) is 5.15. The summed E-state index contributed by atoms with van der Waals surface area (Å²) in [4.78, 5) is 12.8. The number of nitrogens with zero attached hydrogens (tertiary/aromatic N) is 2. The molecule has 3 aromatic carbocycles. The number of amides is 1. The summed E-state index contributed by atoms with van der Waals surface area (Å²) >= 11 is 6.27. The van der Waals surface area contributed by atoms with Gasteiger partial charge in [-0.25, -0.2) is 5.01 Å². The quantitative estimate of drug-likeness (QED) is 0.355. The number of hydrogen-bond acceptors (Lipinski definition) is 5. The zero-order valence-corrected chi connectivity index (χ0v) is 20.1. The van der Waals surface area contributed by atoms with Crippen molar-refractivity contribution in [1.82, 2.24) is 10.4 Å². The van der Waals surface area contributed by atoms with Crippen molar-refractivity contribution >= 4 is 17.5 Å². The maximum absolute atomic E-state index is 12.8. The molecule has 0 saturated carbocycles. The van der Waals surface area contributed by atoms with Gasteiger partial charge in [-0.1, -0.05) is 54.1 Å². The summed E-state index contributed by atoms with van der Waals surface area (Å²) in [5.74, 6) is 0.987. The second-order valence-electron chi connectivity index (χ2n) is 8.00. The molecular formula is C27H28ClN3O3. The van der Waals surface area contributed by atoms with Gasteiger partial charge in [-0.15, -0.1) is 0 Å². The Kier molecular flexibility index (Phi) is 9.33. The number of benzene rings is 3. The number of hydrazine groups is 1. The molecule has 0 radical (unpaired) electrons. The van der Waals surface area contributed by atoms with E-state index in [0.717, 1.165) is 16.9 Å². The highest BCUT2D eigenvalue weighted by Gasteiger charge is 2.14. The van der Waals surface area contributed by atoms with Crippen LogP contribution < -0.4 is 14.9 Å². The molecule has 0 unspecified atom stereocenters. The molecule has 6 nitrogen and oxygen atoms in total. The molecule has 1 amide bonds. The number of carbonyl (C=O) groups is 1. The predicted molar refractivity (Wildman–Crippen MR) is 133 cm³/mol. The number of rotatable bonds is 11. The number of hydrogen-bond donors (Lipinski definition) is 1. The number of carbonyl (C=O) groups excluding carboxylic acids is 1. The van der Waals surface area contributed by atoms with E-state index in [4.69, 9.17) is 26.3 Å². The molecule has 0 fully saturated rings. The number of nitriles is 1. The molecule has 3 aromatic rings. The van der Waals surface area contributed by atoms with Crippen molar-refractivity contribution in [3.8, 4) is 17.6 Å². The van der Waals surface area contributed by atoms with Gasteiger partial charge in [0.15, 0.2) is 0 Å². The summed E-state index contributed by atoms with van der Waals surface area (Å²) in [7, 11) is 0. The smallest absolute Gasteiger partial charge is 0.265 e. The average molecular weight is 478 g/mol. The van der Waals surface area contributed by atoms with Gasteiger partial charge in [0.1, 0.15) is 18.1 Å². The van der Waals surface area contributed by atoms with Crippen molar-refractivity contribution in [2.75, 3.05) is 6.54 Å². The van der Waals surface area contributed by atoms with Gasteiger partial charge in [-0.2, -0.15) is 5.26 Å². The fraction of sp³-hybridized carbons (Fsp3) is 0.259. The first-order chi connectivity index (χ1) is 16.4. The lowest BCUT2D eigenvalue weighted by molar-refractivity contribution is 0.0778. The van der Waals surface area contributed by atoms with E-state index in [2.05, 4.69) is 11.5 Å². The highest BCUT2D eigenvalue weighted by Crippen LogP contribution is 2.26. The van der Waals surface area contributed by atoms with Crippen molar-refractivity contribution in [2.45, 2.75) is 39.5 Å². The van der Waals surface area contributed by atoms with Crippen LogP contribution in [0.1, 0.15) is 41.8 Å². The molecule has 0 saturated heterocycles. The van der Waals surface area contributed by atoms with Crippen LogP contribution in [0.5, 0.6) is 11.5 Å². The average Bonchev–Trinajstić information content (AvgIpc) is 2.83. The van der Waals surface area contributed by atoms with Crippen LogP contribution in [0.25, 0.3) is 0 Å². The maximum Gasteiger partial charge on any atom is 0.265 e. The Labute approximate surface area is 205 Å². The molecule has 1 N–H and O–H groups in total. The first-order valence-corrected chi connectivity index (χ1v) is 11.5. The minimum absolute atomic E-state index is 0.0197.